The molecule has 1 spiro atoms. The van der Waals surface area contributed by atoms with Crippen LogP contribution in [-0.4, -0.2) is 70.6 Å². The molecule has 276 valence electrons. The smallest absolute Gasteiger partial charge is 0.297 e. The van der Waals surface area contributed by atoms with Crippen LogP contribution in [0, 0.1) is 5.92 Å². The summed E-state index contributed by atoms with van der Waals surface area (Å²) in [6, 6.07) is 26.2. The second-order valence-electron chi connectivity index (χ2n) is 14.4. The van der Waals surface area contributed by atoms with Gasteiger partial charge in [-0.1, -0.05) is 54.6 Å². The highest BCUT2D eigenvalue weighted by molar-refractivity contribution is 6.71. The van der Waals surface area contributed by atoms with Crippen molar-refractivity contribution in [2.45, 2.75) is 62.7 Å². The van der Waals surface area contributed by atoms with Gasteiger partial charge in [0.15, 0.2) is 19.7 Å². The number of aryl methyl sites for hydroxylation is 1. The lowest BCUT2D eigenvalue weighted by Crippen LogP contribution is -2.46. The van der Waals surface area contributed by atoms with Crippen molar-refractivity contribution in [2.24, 2.45) is 5.92 Å². The Kier molecular flexibility index (Phi) is 9.85. The van der Waals surface area contributed by atoms with E-state index in [1.807, 2.05) is 99.0 Å². The molecule has 1 unspecified atom stereocenters. The lowest BCUT2D eigenvalue weighted by atomic mass is 9.82. The number of benzene rings is 3. The number of aliphatic hydroxyl groups excluding tert-OH is 1. The Morgan fingerprint density at radius 3 is 2.42 bits per heavy atom. The number of carbonyl (C=O) groups excluding carboxylic acids is 1. The monoisotopic (exact) mass is 735 g/mol. The molecule has 0 saturated carbocycles. The number of ether oxygens (including phenoxy) is 3. The SMILES string of the molecule is COc1ccc2c(c1)[C@@]1(O[C@H](CCn3cc(C(CO)c4ccccc4)nn3)[C@@H]([Si](C)(C)O)[C@@H]1C)C(=O)N2Cc1ccc(-n2cccc(OC)c2=O)cc1. The van der Waals surface area contributed by atoms with E-state index >= 15 is 0 Å². The van der Waals surface area contributed by atoms with Gasteiger partial charge in [-0.25, -0.2) is 0 Å². The van der Waals surface area contributed by atoms with Crippen LogP contribution in [0.5, 0.6) is 11.5 Å². The number of hydrogen-bond donors (Lipinski definition) is 2. The molecule has 2 aliphatic rings. The van der Waals surface area contributed by atoms with E-state index in [-0.39, 0.29) is 47.7 Å². The van der Waals surface area contributed by atoms with Gasteiger partial charge in [-0.15, -0.1) is 5.10 Å². The average molecular weight is 736 g/mol. The number of aliphatic hydroxyl groups is 1. The van der Waals surface area contributed by atoms with Crippen LogP contribution >= 0.6 is 0 Å². The molecule has 7 rings (SSSR count). The number of carbonyl (C=O) groups is 1. The van der Waals surface area contributed by atoms with Crippen molar-refractivity contribution in [1.29, 1.82) is 0 Å². The summed E-state index contributed by atoms with van der Waals surface area (Å²) < 4.78 is 21.1. The topological polar surface area (TPSA) is 141 Å². The van der Waals surface area contributed by atoms with Crippen molar-refractivity contribution < 1.29 is 28.9 Å². The van der Waals surface area contributed by atoms with Gasteiger partial charge in [0, 0.05) is 41.6 Å². The summed E-state index contributed by atoms with van der Waals surface area (Å²) in [6.07, 6.45) is 3.57. The Labute approximate surface area is 309 Å². The Morgan fingerprint density at radius 1 is 0.981 bits per heavy atom. The Morgan fingerprint density at radius 2 is 1.74 bits per heavy atom. The van der Waals surface area contributed by atoms with Gasteiger partial charge in [-0.3, -0.25) is 18.8 Å². The molecule has 1 saturated heterocycles. The van der Waals surface area contributed by atoms with E-state index in [4.69, 9.17) is 14.2 Å². The summed E-state index contributed by atoms with van der Waals surface area (Å²) in [6.45, 7) is 6.44. The van der Waals surface area contributed by atoms with Gasteiger partial charge in [0.25, 0.3) is 11.5 Å². The molecule has 53 heavy (non-hydrogen) atoms. The third kappa shape index (κ3) is 6.47. The number of aromatic nitrogens is 4. The molecule has 2 N–H and O–H groups in total. The molecule has 0 radical (unpaired) electrons. The van der Waals surface area contributed by atoms with E-state index in [9.17, 15) is 19.5 Å². The molecule has 5 aromatic rings. The number of rotatable bonds is 12. The highest BCUT2D eigenvalue weighted by Gasteiger charge is 2.66. The summed E-state index contributed by atoms with van der Waals surface area (Å²) >= 11 is 0. The van der Waals surface area contributed by atoms with E-state index in [0.717, 1.165) is 22.4 Å². The summed E-state index contributed by atoms with van der Waals surface area (Å²) in [5.74, 6) is 0.00500. The Balaban J connectivity index is 1.17. The lowest BCUT2D eigenvalue weighted by molar-refractivity contribution is -0.146. The maximum absolute atomic E-state index is 14.9. The highest BCUT2D eigenvalue weighted by Crippen LogP contribution is 2.60. The maximum Gasteiger partial charge on any atom is 0.297 e. The van der Waals surface area contributed by atoms with Crippen molar-refractivity contribution in [3.63, 3.8) is 0 Å². The third-order valence-electron chi connectivity index (χ3n) is 10.8. The van der Waals surface area contributed by atoms with Crippen LogP contribution in [-0.2, 0) is 28.2 Å². The van der Waals surface area contributed by atoms with E-state index < -0.39 is 20.0 Å². The minimum absolute atomic E-state index is 0.102. The number of nitrogens with zero attached hydrogens (tertiary/aromatic N) is 5. The first-order chi connectivity index (χ1) is 25.5. The van der Waals surface area contributed by atoms with Gasteiger partial charge < -0.3 is 29.0 Å². The molecule has 0 bridgehead atoms. The second kappa shape index (κ2) is 14.4. The molecule has 5 atom stereocenters. The maximum atomic E-state index is 14.9. The van der Waals surface area contributed by atoms with Crippen molar-refractivity contribution in [2.75, 3.05) is 25.7 Å². The molecule has 2 aromatic heterocycles. The predicted molar refractivity (Wildman–Crippen MR) is 202 cm³/mol. The fourth-order valence-electron chi connectivity index (χ4n) is 8.28. The summed E-state index contributed by atoms with van der Waals surface area (Å²) in [5.41, 5.74) is 2.72. The minimum atomic E-state index is -2.91. The van der Waals surface area contributed by atoms with Crippen LogP contribution in [0.25, 0.3) is 5.69 Å². The van der Waals surface area contributed by atoms with Gasteiger partial charge in [0.05, 0.1) is 50.8 Å². The van der Waals surface area contributed by atoms with Gasteiger partial charge in [-0.2, -0.15) is 0 Å². The fourth-order valence-corrected chi connectivity index (χ4v) is 10.9. The summed E-state index contributed by atoms with van der Waals surface area (Å²) in [4.78, 5) is 41.3. The van der Waals surface area contributed by atoms with E-state index in [0.29, 0.717) is 30.1 Å². The molecular formula is C40H45N5O7Si. The zero-order chi connectivity index (χ0) is 37.5. The molecule has 13 heteroatoms. The van der Waals surface area contributed by atoms with Crippen LogP contribution in [0.3, 0.4) is 0 Å². The first-order valence-electron chi connectivity index (χ1n) is 17.8. The molecule has 0 aliphatic carbocycles. The Hall–Kier alpha value is -5.08. The van der Waals surface area contributed by atoms with Crippen molar-refractivity contribution in [3.05, 3.63) is 130 Å². The van der Waals surface area contributed by atoms with E-state index in [2.05, 4.69) is 10.3 Å². The number of methoxy groups -OCH3 is 2. The fraction of sp³-hybridized carbons (Fsp3) is 0.350. The first-order valence-corrected chi connectivity index (χ1v) is 20.8. The third-order valence-corrected chi connectivity index (χ3v) is 13.3. The molecule has 12 nitrogen and oxygen atoms in total. The lowest BCUT2D eigenvalue weighted by Gasteiger charge is -2.32. The van der Waals surface area contributed by atoms with E-state index in [1.165, 1.54) is 11.7 Å². The zero-order valence-corrected chi connectivity index (χ0v) is 31.5. The molecule has 1 amide bonds. The molecule has 4 heterocycles. The van der Waals surface area contributed by atoms with Crippen LogP contribution in [0.15, 0.2) is 102 Å². The van der Waals surface area contributed by atoms with Gasteiger partial charge >= 0.3 is 0 Å². The highest BCUT2D eigenvalue weighted by atomic mass is 28.4. The standard InChI is InChI=1S/C40H45N5O7Si/c1-26-37(53(4,5)49)35(19-21-43-24-33(41-42-43)31(25-46)28-10-7-6-8-11-28)52-40(26)32-22-30(50-2)17-18-34(32)45(39(40)48)23-27-13-15-29(16-14-27)44-20-9-12-36(51-3)38(44)47/h6-18,20,22,24,26,31,35,37,46,49H,19,21,23,25H2,1-5H3/t26-,31?,35+,37-,40+/m0/s1. The normalized spacial score (nSPS) is 21.6. The van der Waals surface area contributed by atoms with Crippen molar-refractivity contribution in [1.82, 2.24) is 19.6 Å². The molecule has 1 fully saturated rings. The summed E-state index contributed by atoms with van der Waals surface area (Å²) in [7, 11) is 0.156. The van der Waals surface area contributed by atoms with Gasteiger partial charge in [0.2, 0.25) is 0 Å². The predicted octanol–water partition coefficient (Wildman–Crippen LogP) is 5.01. The number of amides is 1. The summed E-state index contributed by atoms with van der Waals surface area (Å²) in [5, 5.41) is 18.9. The largest absolute Gasteiger partial charge is 0.497 e. The minimum Gasteiger partial charge on any atom is -0.497 e. The van der Waals surface area contributed by atoms with Crippen molar-refractivity contribution in [3.8, 4) is 17.2 Å². The second-order valence-corrected chi connectivity index (χ2v) is 18.4. The zero-order valence-electron chi connectivity index (χ0n) is 30.5. The van der Waals surface area contributed by atoms with Crippen LogP contribution < -0.4 is 19.9 Å². The number of anilines is 1. The quantitative estimate of drug-likeness (QED) is 0.169. The number of pyridine rings is 1. The van der Waals surface area contributed by atoms with Gasteiger partial charge in [-0.05, 0) is 73.1 Å². The van der Waals surface area contributed by atoms with E-state index in [1.54, 1.807) is 35.0 Å². The van der Waals surface area contributed by atoms with Crippen LogP contribution in [0.2, 0.25) is 18.6 Å². The number of fused-ring (bicyclic) bond motifs is 2. The molecule has 2 aliphatic heterocycles. The van der Waals surface area contributed by atoms with Crippen molar-refractivity contribution >= 4 is 19.9 Å². The molecular weight excluding hydrogens is 691 g/mol. The average Bonchev–Trinajstić information content (AvgIpc) is 3.82. The first kappa shape index (κ1) is 36.3. The Bertz CT molecular complexity index is 2150. The van der Waals surface area contributed by atoms with Crippen LogP contribution in [0.4, 0.5) is 5.69 Å². The van der Waals surface area contributed by atoms with Crippen LogP contribution in [0.1, 0.15) is 41.6 Å². The van der Waals surface area contributed by atoms with Gasteiger partial charge in [0.1, 0.15) is 5.75 Å². The number of hydrogen-bond acceptors (Lipinski definition) is 9. The molecule has 3 aromatic carbocycles.